The van der Waals surface area contributed by atoms with Crippen molar-refractivity contribution in [3.63, 3.8) is 0 Å². The van der Waals surface area contributed by atoms with Crippen LogP contribution in [0.25, 0.3) is 0 Å². The average molecular weight is 251 g/mol. The smallest absolute Gasteiger partial charge is 0.182 e. The van der Waals surface area contributed by atoms with Crippen molar-refractivity contribution < 1.29 is 0 Å². The minimum Gasteiger partial charge on any atom is -0.375 e. The normalized spacial score (nSPS) is 42.9. The third-order valence-corrected chi connectivity index (χ3v) is 4.90. The zero-order valence-corrected chi connectivity index (χ0v) is 10.9. The third kappa shape index (κ3) is 2.28. The molecule has 4 bridgehead atoms. The van der Waals surface area contributed by atoms with E-state index in [0.29, 0.717) is 10.5 Å². The van der Waals surface area contributed by atoms with Gasteiger partial charge in [-0.2, -0.15) is 0 Å². The maximum absolute atomic E-state index is 5.36. The molecule has 0 amide bonds. The Labute approximate surface area is 108 Å². The van der Waals surface area contributed by atoms with Crippen molar-refractivity contribution >= 4 is 17.3 Å². The molecule has 0 saturated heterocycles. The maximum atomic E-state index is 5.36. The van der Waals surface area contributed by atoms with Gasteiger partial charge in [0.15, 0.2) is 5.11 Å². The summed E-state index contributed by atoms with van der Waals surface area (Å²) in [5.74, 6) is 2.98. The molecule has 0 spiro atoms. The number of hydrogen-bond donors (Lipinski definition) is 3. The number of hydrazine groups is 1. The zero-order chi connectivity index (χ0) is 11.9. The van der Waals surface area contributed by atoms with E-state index in [9.17, 15) is 0 Å². The summed E-state index contributed by atoms with van der Waals surface area (Å²) in [5, 5.41) is 0.292. The zero-order valence-electron chi connectivity index (χ0n) is 10.1. The summed E-state index contributed by atoms with van der Waals surface area (Å²) < 4.78 is 0. The molecule has 0 heterocycles. The first-order valence-corrected chi connectivity index (χ1v) is 7.05. The predicted molar refractivity (Wildman–Crippen MR) is 72.8 cm³/mol. The summed E-state index contributed by atoms with van der Waals surface area (Å²) >= 11 is 4.75. The SMILES string of the molecule is NC(=S)NNC=CC12CC3CC(CC(C3)C1)C2. The van der Waals surface area contributed by atoms with Crippen LogP contribution in [0.5, 0.6) is 0 Å². The predicted octanol–water partition coefficient (Wildman–Crippen LogP) is 2.05. The summed E-state index contributed by atoms with van der Waals surface area (Å²) in [4.78, 5) is 0. The molecule has 0 aromatic carbocycles. The first kappa shape index (κ1) is 11.3. The molecule has 17 heavy (non-hydrogen) atoms. The van der Waals surface area contributed by atoms with Gasteiger partial charge in [-0.05, 0) is 73.9 Å². The molecule has 0 aromatic heterocycles. The van der Waals surface area contributed by atoms with Crippen molar-refractivity contribution in [2.24, 2.45) is 28.9 Å². The standard InChI is InChI=1S/C13H21N3S/c14-12(17)16-15-2-1-13-6-9-3-10(7-13)5-11(4-9)8-13/h1-2,9-11,15H,3-8H2,(H3,14,16,17). The summed E-state index contributed by atoms with van der Waals surface area (Å²) in [6.45, 7) is 0. The molecule has 94 valence electrons. The van der Waals surface area contributed by atoms with Crippen molar-refractivity contribution in [3.8, 4) is 0 Å². The fourth-order valence-corrected chi connectivity index (χ4v) is 4.77. The van der Waals surface area contributed by atoms with Gasteiger partial charge in [0.1, 0.15) is 0 Å². The van der Waals surface area contributed by atoms with E-state index in [2.05, 4.69) is 16.9 Å². The largest absolute Gasteiger partial charge is 0.375 e. The molecule has 4 aliphatic rings. The van der Waals surface area contributed by atoms with Gasteiger partial charge < -0.3 is 11.2 Å². The van der Waals surface area contributed by atoms with Crippen LogP contribution in [0.3, 0.4) is 0 Å². The summed E-state index contributed by atoms with van der Waals surface area (Å²) in [5.41, 5.74) is 11.5. The highest BCUT2D eigenvalue weighted by Crippen LogP contribution is 2.60. The Balaban J connectivity index is 1.64. The van der Waals surface area contributed by atoms with Crippen LogP contribution in [0.1, 0.15) is 38.5 Å². The lowest BCUT2D eigenvalue weighted by molar-refractivity contribution is -0.0239. The van der Waals surface area contributed by atoms with Crippen molar-refractivity contribution in [2.75, 3.05) is 0 Å². The second kappa shape index (κ2) is 4.16. The molecule has 0 atom stereocenters. The van der Waals surface area contributed by atoms with Gasteiger partial charge in [0.05, 0.1) is 0 Å². The van der Waals surface area contributed by atoms with Gasteiger partial charge in [-0.1, -0.05) is 6.08 Å². The van der Waals surface area contributed by atoms with Crippen molar-refractivity contribution in [2.45, 2.75) is 38.5 Å². The van der Waals surface area contributed by atoms with Crippen LogP contribution in [0.15, 0.2) is 12.3 Å². The maximum Gasteiger partial charge on any atom is 0.182 e. The van der Waals surface area contributed by atoms with E-state index in [1.165, 1.54) is 38.5 Å². The van der Waals surface area contributed by atoms with Crippen LogP contribution in [0, 0.1) is 23.2 Å². The molecule has 0 aliphatic heterocycles. The van der Waals surface area contributed by atoms with Gasteiger partial charge in [0.2, 0.25) is 0 Å². The van der Waals surface area contributed by atoms with Gasteiger partial charge in [0, 0.05) is 6.20 Å². The molecule has 4 fully saturated rings. The van der Waals surface area contributed by atoms with E-state index in [0.717, 1.165) is 17.8 Å². The monoisotopic (exact) mass is 251 g/mol. The molecule has 4 saturated carbocycles. The fraction of sp³-hybridized carbons (Fsp3) is 0.769. The molecule has 0 radical (unpaired) electrons. The Morgan fingerprint density at radius 2 is 1.65 bits per heavy atom. The minimum absolute atomic E-state index is 0.292. The van der Waals surface area contributed by atoms with Crippen LogP contribution in [-0.2, 0) is 0 Å². The number of nitrogens with two attached hydrogens (primary N) is 1. The molecule has 4 N–H and O–H groups in total. The number of allylic oxidation sites excluding steroid dienone is 1. The molecule has 3 nitrogen and oxygen atoms in total. The lowest BCUT2D eigenvalue weighted by atomic mass is 9.50. The lowest BCUT2D eigenvalue weighted by Crippen LogP contribution is -2.45. The van der Waals surface area contributed by atoms with E-state index >= 15 is 0 Å². The molecule has 4 rings (SSSR count). The highest BCUT2D eigenvalue weighted by molar-refractivity contribution is 7.80. The summed E-state index contributed by atoms with van der Waals surface area (Å²) in [6, 6.07) is 0. The average Bonchev–Trinajstić information content (AvgIpc) is 2.22. The van der Waals surface area contributed by atoms with Crippen LogP contribution >= 0.6 is 12.2 Å². The number of rotatable bonds is 3. The summed E-state index contributed by atoms with van der Waals surface area (Å²) in [7, 11) is 0. The fourth-order valence-electron chi connectivity index (χ4n) is 4.71. The van der Waals surface area contributed by atoms with Gasteiger partial charge in [0.25, 0.3) is 0 Å². The highest BCUT2D eigenvalue weighted by atomic mass is 32.1. The van der Waals surface area contributed by atoms with E-state index in [-0.39, 0.29) is 0 Å². The van der Waals surface area contributed by atoms with Crippen molar-refractivity contribution in [1.29, 1.82) is 0 Å². The molecular formula is C13H21N3S. The Kier molecular flexibility index (Phi) is 2.77. The van der Waals surface area contributed by atoms with Crippen molar-refractivity contribution in [3.05, 3.63) is 12.3 Å². The number of nitrogens with one attached hydrogen (secondary N) is 2. The Bertz CT molecular complexity index is 315. The number of thiocarbonyl (C=S) groups is 1. The van der Waals surface area contributed by atoms with Crippen LogP contribution in [0.2, 0.25) is 0 Å². The van der Waals surface area contributed by atoms with E-state index in [1.807, 2.05) is 6.20 Å². The quantitative estimate of drug-likeness (QED) is 0.531. The Morgan fingerprint density at radius 1 is 1.12 bits per heavy atom. The molecule has 0 aromatic rings. The van der Waals surface area contributed by atoms with Crippen LogP contribution < -0.4 is 16.6 Å². The van der Waals surface area contributed by atoms with Gasteiger partial charge in [-0.25, -0.2) is 0 Å². The molecule has 4 aliphatic carbocycles. The van der Waals surface area contributed by atoms with Crippen LogP contribution in [-0.4, -0.2) is 5.11 Å². The Morgan fingerprint density at radius 3 is 2.12 bits per heavy atom. The van der Waals surface area contributed by atoms with E-state index in [4.69, 9.17) is 18.0 Å². The minimum atomic E-state index is 0.292. The van der Waals surface area contributed by atoms with Crippen molar-refractivity contribution in [1.82, 2.24) is 10.9 Å². The second-order valence-corrected chi connectivity index (χ2v) is 6.69. The summed E-state index contributed by atoms with van der Waals surface area (Å²) in [6.07, 6.45) is 13.0. The van der Waals surface area contributed by atoms with Gasteiger partial charge >= 0.3 is 0 Å². The molecular weight excluding hydrogens is 230 g/mol. The van der Waals surface area contributed by atoms with Crippen LogP contribution in [0.4, 0.5) is 0 Å². The second-order valence-electron chi connectivity index (χ2n) is 6.25. The number of hydrogen-bond acceptors (Lipinski definition) is 2. The topological polar surface area (TPSA) is 50.1 Å². The Hall–Kier alpha value is -0.770. The van der Waals surface area contributed by atoms with Gasteiger partial charge in [-0.15, -0.1) is 0 Å². The van der Waals surface area contributed by atoms with E-state index in [1.54, 1.807) is 0 Å². The van der Waals surface area contributed by atoms with Gasteiger partial charge in [-0.3, -0.25) is 5.43 Å². The lowest BCUT2D eigenvalue weighted by Gasteiger charge is -2.55. The van der Waals surface area contributed by atoms with E-state index < -0.39 is 0 Å². The first-order valence-electron chi connectivity index (χ1n) is 6.64. The third-order valence-electron chi connectivity index (χ3n) is 4.80. The molecule has 0 unspecified atom stereocenters. The molecule has 4 heteroatoms. The highest BCUT2D eigenvalue weighted by Gasteiger charge is 2.49. The first-order chi connectivity index (χ1) is 8.15.